The Bertz CT molecular complexity index is 282. The maximum Gasteiger partial charge on any atom is 0.115 e. The minimum atomic E-state index is 0.188. The first-order valence-corrected chi connectivity index (χ1v) is 4.81. The molecular weight excluding hydrogens is 162 g/mol. The number of aromatic hydroxyl groups is 1. The van der Waals surface area contributed by atoms with E-state index in [0.717, 1.165) is 13.0 Å². The molecule has 2 nitrogen and oxygen atoms in total. The van der Waals surface area contributed by atoms with Gasteiger partial charge >= 0.3 is 0 Å². The monoisotopic (exact) mass is 177 g/mol. The lowest BCUT2D eigenvalue weighted by atomic mass is 9.79. The first-order chi connectivity index (χ1) is 6.27. The minimum Gasteiger partial charge on any atom is -0.508 e. The average Bonchev–Trinajstić information content (AvgIpc) is 2.07. The van der Waals surface area contributed by atoms with Gasteiger partial charge in [0.05, 0.1) is 0 Å². The van der Waals surface area contributed by atoms with E-state index in [1.807, 2.05) is 12.1 Å². The Hall–Kier alpha value is -1.02. The molecule has 0 bridgehead atoms. The van der Waals surface area contributed by atoms with E-state index >= 15 is 0 Å². The highest BCUT2D eigenvalue weighted by Crippen LogP contribution is 2.34. The van der Waals surface area contributed by atoms with Gasteiger partial charge in [0, 0.05) is 5.54 Å². The summed E-state index contributed by atoms with van der Waals surface area (Å²) in [6.07, 6.45) is 2.31. The van der Waals surface area contributed by atoms with Crippen LogP contribution in [0.4, 0.5) is 0 Å². The van der Waals surface area contributed by atoms with Crippen molar-refractivity contribution < 1.29 is 5.11 Å². The van der Waals surface area contributed by atoms with Crippen molar-refractivity contribution in [3.63, 3.8) is 0 Å². The molecule has 1 unspecified atom stereocenters. The van der Waals surface area contributed by atoms with Gasteiger partial charge in [-0.15, -0.1) is 0 Å². The molecule has 70 valence electrons. The second kappa shape index (κ2) is 3.04. The molecule has 1 atom stereocenters. The molecule has 1 aromatic rings. The number of hydrogen-bond acceptors (Lipinski definition) is 2. The van der Waals surface area contributed by atoms with Crippen molar-refractivity contribution in [2.75, 3.05) is 6.54 Å². The summed E-state index contributed by atoms with van der Waals surface area (Å²) in [4.78, 5) is 0. The number of phenolic OH excluding ortho intramolecular Hbond substituents is 1. The minimum absolute atomic E-state index is 0.188. The molecule has 1 saturated heterocycles. The summed E-state index contributed by atoms with van der Waals surface area (Å²) < 4.78 is 0. The molecular formula is C11H15NO. The lowest BCUT2D eigenvalue weighted by molar-refractivity contribution is 0.201. The Kier molecular flexibility index (Phi) is 2.00. The van der Waals surface area contributed by atoms with Gasteiger partial charge in [-0.2, -0.15) is 0 Å². The van der Waals surface area contributed by atoms with E-state index in [1.54, 1.807) is 12.1 Å². The normalized spacial score (nSPS) is 26.8. The zero-order valence-corrected chi connectivity index (χ0v) is 7.88. The standard InChI is InChI=1S/C11H15NO/c1-2-11(7-8-12-11)9-3-5-10(13)6-4-9/h3-6,12-13H,2,7-8H2,1H3. The van der Waals surface area contributed by atoms with Crippen molar-refractivity contribution >= 4 is 0 Å². The van der Waals surface area contributed by atoms with Gasteiger partial charge in [0.1, 0.15) is 5.75 Å². The Morgan fingerprint density at radius 2 is 2.00 bits per heavy atom. The topological polar surface area (TPSA) is 32.3 Å². The van der Waals surface area contributed by atoms with Gasteiger partial charge in [0.2, 0.25) is 0 Å². The average molecular weight is 177 g/mol. The van der Waals surface area contributed by atoms with Gasteiger partial charge in [-0.3, -0.25) is 0 Å². The van der Waals surface area contributed by atoms with Crippen molar-refractivity contribution in [2.45, 2.75) is 25.3 Å². The molecule has 1 aromatic carbocycles. The highest BCUT2D eigenvalue weighted by molar-refractivity contribution is 5.32. The maximum atomic E-state index is 9.17. The predicted octanol–water partition coefficient (Wildman–Crippen LogP) is 1.99. The molecule has 0 radical (unpaired) electrons. The number of nitrogens with one attached hydrogen (secondary N) is 1. The third-order valence-electron chi connectivity index (χ3n) is 3.04. The molecule has 2 N–H and O–H groups in total. The van der Waals surface area contributed by atoms with E-state index < -0.39 is 0 Å². The molecule has 1 fully saturated rings. The molecule has 1 heterocycles. The quantitative estimate of drug-likeness (QED) is 0.724. The Balaban J connectivity index is 2.28. The summed E-state index contributed by atoms with van der Waals surface area (Å²) in [5, 5.41) is 12.6. The van der Waals surface area contributed by atoms with Crippen LogP contribution in [0.5, 0.6) is 5.75 Å². The summed E-state index contributed by atoms with van der Waals surface area (Å²) in [5.74, 6) is 0.342. The fourth-order valence-corrected chi connectivity index (χ4v) is 1.96. The first kappa shape index (κ1) is 8.57. The molecule has 0 saturated carbocycles. The Morgan fingerprint density at radius 1 is 1.38 bits per heavy atom. The van der Waals surface area contributed by atoms with Crippen molar-refractivity contribution in [1.29, 1.82) is 0 Å². The molecule has 0 spiro atoms. The first-order valence-electron chi connectivity index (χ1n) is 4.81. The van der Waals surface area contributed by atoms with Crippen LogP contribution >= 0.6 is 0 Å². The largest absolute Gasteiger partial charge is 0.508 e. The molecule has 2 rings (SSSR count). The maximum absolute atomic E-state index is 9.17. The third-order valence-corrected chi connectivity index (χ3v) is 3.04. The molecule has 0 aliphatic carbocycles. The van der Waals surface area contributed by atoms with E-state index in [0.29, 0.717) is 5.75 Å². The zero-order chi connectivity index (χ0) is 9.31. The predicted molar refractivity (Wildman–Crippen MR) is 52.7 cm³/mol. The highest BCUT2D eigenvalue weighted by atomic mass is 16.3. The van der Waals surface area contributed by atoms with Crippen molar-refractivity contribution in [3.8, 4) is 5.75 Å². The van der Waals surface area contributed by atoms with Crippen LogP contribution in [-0.2, 0) is 5.54 Å². The smallest absolute Gasteiger partial charge is 0.115 e. The van der Waals surface area contributed by atoms with Crippen molar-refractivity contribution in [2.24, 2.45) is 0 Å². The van der Waals surface area contributed by atoms with E-state index in [4.69, 9.17) is 5.11 Å². The van der Waals surface area contributed by atoms with Crippen LogP contribution in [0.1, 0.15) is 25.3 Å². The van der Waals surface area contributed by atoms with E-state index in [2.05, 4.69) is 12.2 Å². The van der Waals surface area contributed by atoms with Crippen molar-refractivity contribution in [1.82, 2.24) is 5.32 Å². The summed E-state index contributed by atoms with van der Waals surface area (Å²) in [6.45, 7) is 3.30. The Morgan fingerprint density at radius 3 is 2.38 bits per heavy atom. The van der Waals surface area contributed by atoms with Crippen LogP contribution in [0.15, 0.2) is 24.3 Å². The van der Waals surface area contributed by atoms with Gasteiger partial charge in [-0.1, -0.05) is 19.1 Å². The number of rotatable bonds is 2. The van der Waals surface area contributed by atoms with Crippen LogP contribution in [0.25, 0.3) is 0 Å². The fourth-order valence-electron chi connectivity index (χ4n) is 1.96. The number of phenols is 1. The summed E-state index contributed by atoms with van der Waals surface area (Å²) >= 11 is 0. The van der Waals surface area contributed by atoms with Crippen molar-refractivity contribution in [3.05, 3.63) is 29.8 Å². The number of hydrogen-bond donors (Lipinski definition) is 2. The van der Waals surface area contributed by atoms with Crippen LogP contribution in [-0.4, -0.2) is 11.7 Å². The molecule has 1 aliphatic heterocycles. The molecule has 0 amide bonds. The fraction of sp³-hybridized carbons (Fsp3) is 0.455. The molecule has 13 heavy (non-hydrogen) atoms. The van der Waals surface area contributed by atoms with Crippen LogP contribution in [0.2, 0.25) is 0 Å². The van der Waals surface area contributed by atoms with E-state index in [1.165, 1.54) is 12.0 Å². The SMILES string of the molecule is CCC1(c2ccc(O)cc2)CCN1. The second-order valence-corrected chi connectivity index (χ2v) is 3.66. The Labute approximate surface area is 78.6 Å². The van der Waals surface area contributed by atoms with Gasteiger partial charge in [-0.05, 0) is 37.1 Å². The van der Waals surface area contributed by atoms with Crippen LogP contribution in [0, 0.1) is 0 Å². The third kappa shape index (κ3) is 1.31. The molecule has 2 heteroatoms. The second-order valence-electron chi connectivity index (χ2n) is 3.66. The number of benzene rings is 1. The summed E-state index contributed by atoms with van der Waals surface area (Å²) in [6, 6.07) is 7.52. The van der Waals surface area contributed by atoms with E-state index in [9.17, 15) is 0 Å². The van der Waals surface area contributed by atoms with Gasteiger partial charge in [0.15, 0.2) is 0 Å². The zero-order valence-electron chi connectivity index (χ0n) is 7.88. The molecule has 1 aliphatic rings. The van der Waals surface area contributed by atoms with Gasteiger partial charge in [-0.25, -0.2) is 0 Å². The summed E-state index contributed by atoms with van der Waals surface area (Å²) in [5.41, 5.74) is 1.48. The van der Waals surface area contributed by atoms with E-state index in [-0.39, 0.29) is 5.54 Å². The van der Waals surface area contributed by atoms with Gasteiger partial charge < -0.3 is 10.4 Å². The highest BCUT2D eigenvalue weighted by Gasteiger charge is 2.35. The molecule has 0 aromatic heterocycles. The van der Waals surface area contributed by atoms with Crippen LogP contribution in [0.3, 0.4) is 0 Å². The lowest BCUT2D eigenvalue weighted by Crippen LogP contribution is -2.53. The summed E-state index contributed by atoms with van der Waals surface area (Å²) in [7, 11) is 0. The lowest BCUT2D eigenvalue weighted by Gasteiger charge is -2.43. The van der Waals surface area contributed by atoms with Crippen LogP contribution < -0.4 is 5.32 Å². The van der Waals surface area contributed by atoms with Gasteiger partial charge in [0.25, 0.3) is 0 Å².